The van der Waals surface area contributed by atoms with Gasteiger partial charge >= 0.3 is 0 Å². The predicted molar refractivity (Wildman–Crippen MR) is 88.1 cm³/mol. The summed E-state index contributed by atoms with van der Waals surface area (Å²) < 4.78 is 1.78. The first-order valence-corrected chi connectivity index (χ1v) is 8.28. The van der Waals surface area contributed by atoms with Crippen molar-refractivity contribution in [3.8, 4) is 5.69 Å². The molecule has 0 radical (unpaired) electrons. The fourth-order valence-electron chi connectivity index (χ4n) is 2.35. The molecular formula is C16H15N5OS. The lowest BCUT2D eigenvalue weighted by Gasteiger charge is -2.03. The maximum atomic E-state index is 12.4. The molecule has 0 spiro atoms. The number of hydrogen-bond donors (Lipinski definition) is 1. The van der Waals surface area contributed by atoms with E-state index in [1.165, 1.54) is 11.3 Å². The molecule has 1 saturated carbocycles. The van der Waals surface area contributed by atoms with Gasteiger partial charge in [0, 0.05) is 17.0 Å². The number of anilines is 1. The summed E-state index contributed by atoms with van der Waals surface area (Å²) in [5, 5.41) is 7.74. The molecule has 1 aliphatic carbocycles. The molecule has 0 unspecified atom stereocenters. The summed E-state index contributed by atoms with van der Waals surface area (Å²) in [6, 6.07) is 9.78. The number of carbonyl (C=O) groups excluding carboxylic acids is 1. The first kappa shape index (κ1) is 14.1. The average Bonchev–Trinajstić information content (AvgIpc) is 3.18. The third-order valence-electron chi connectivity index (χ3n) is 3.62. The molecule has 23 heavy (non-hydrogen) atoms. The van der Waals surface area contributed by atoms with Gasteiger partial charge in [-0.3, -0.25) is 10.1 Å². The van der Waals surface area contributed by atoms with E-state index >= 15 is 0 Å². The van der Waals surface area contributed by atoms with Crippen LogP contribution in [0.5, 0.6) is 0 Å². The van der Waals surface area contributed by atoms with E-state index in [0.717, 1.165) is 29.2 Å². The van der Waals surface area contributed by atoms with Gasteiger partial charge in [-0.15, -0.1) is 16.4 Å². The Hall–Kier alpha value is -2.54. The van der Waals surface area contributed by atoms with Crippen molar-refractivity contribution >= 4 is 22.4 Å². The summed E-state index contributed by atoms with van der Waals surface area (Å²) in [5.74, 6) is 1.11. The molecule has 6 nitrogen and oxygen atoms in total. The molecule has 7 heteroatoms. The van der Waals surface area contributed by atoms with E-state index in [1.807, 2.05) is 37.3 Å². The molecular weight excluding hydrogens is 310 g/mol. The zero-order valence-corrected chi connectivity index (χ0v) is 13.4. The van der Waals surface area contributed by atoms with Gasteiger partial charge in [-0.05, 0) is 31.9 Å². The minimum atomic E-state index is -0.323. The van der Waals surface area contributed by atoms with Crippen molar-refractivity contribution in [1.29, 1.82) is 0 Å². The van der Waals surface area contributed by atoms with Crippen LogP contribution in [0.2, 0.25) is 0 Å². The number of nitrogens with one attached hydrogen (secondary N) is 1. The molecule has 0 atom stereocenters. The summed E-state index contributed by atoms with van der Waals surface area (Å²) in [5.41, 5.74) is 0.922. The predicted octanol–water partition coefficient (Wildman–Crippen LogP) is 3.16. The van der Waals surface area contributed by atoms with Crippen LogP contribution in [0.3, 0.4) is 0 Å². The van der Waals surface area contributed by atoms with E-state index in [2.05, 4.69) is 20.4 Å². The fourth-order valence-corrected chi connectivity index (χ4v) is 3.01. The first-order chi connectivity index (χ1) is 11.2. The van der Waals surface area contributed by atoms with Crippen LogP contribution in [-0.2, 0) is 0 Å². The molecule has 0 bridgehead atoms. The Labute approximate surface area is 137 Å². The van der Waals surface area contributed by atoms with Crippen LogP contribution in [-0.4, -0.2) is 25.7 Å². The highest BCUT2D eigenvalue weighted by atomic mass is 32.1. The largest absolute Gasteiger partial charge is 0.297 e. The van der Waals surface area contributed by atoms with E-state index in [0.29, 0.717) is 11.0 Å². The maximum absolute atomic E-state index is 12.4. The Morgan fingerprint density at radius 2 is 2.09 bits per heavy atom. The van der Waals surface area contributed by atoms with Crippen molar-refractivity contribution < 1.29 is 4.79 Å². The zero-order chi connectivity index (χ0) is 15.8. The summed E-state index contributed by atoms with van der Waals surface area (Å²) in [4.78, 5) is 22.0. The van der Waals surface area contributed by atoms with Crippen LogP contribution in [0.4, 0.5) is 5.13 Å². The van der Waals surface area contributed by atoms with Gasteiger partial charge in [0.2, 0.25) is 5.82 Å². The molecule has 0 aliphatic heterocycles. The van der Waals surface area contributed by atoms with E-state index in [-0.39, 0.29) is 11.7 Å². The van der Waals surface area contributed by atoms with E-state index in [9.17, 15) is 4.79 Å². The molecule has 4 rings (SSSR count). The number of benzene rings is 1. The highest BCUT2D eigenvalue weighted by molar-refractivity contribution is 7.15. The molecule has 2 heterocycles. The fraction of sp³-hybridized carbons (Fsp3) is 0.250. The van der Waals surface area contributed by atoms with Crippen LogP contribution in [0.15, 0.2) is 36.5 Å². The number of thiazole rings is 1. The second kappa shape index (κ2) is 5.58. The normalized spacial score (nSPS) is 14.0. The first-order valence-electron chi connectivity index (χ1n) is 7.47. The molecule has 3 aromatic rings. The number of nitrogens with zero attached hydrogens (tertiary/aromatic N) is 4. The van der Waals surface area contributed by atoms with Gasteiger partial charge in [0.1, 0.15) is 5.82 Å². The van der Waals surface area contributed by atoms with Crippen molar-refractivity contribution in [2.45, 2.75) is 25.7 Å². The Morgan fingerprint density at radius 1 is 1.30 bits per heavy atom. The van der Waals surface area contributed by atoms with E-state index < -0.39 is 0 Å². The molecule has 116 valence electrons. The zero-order valence-electron chi connectivity index (χ0n) is 12.6. The SMILES string of the molecule is Cc1cnc(NC(=O)c2nc(C3CC3)n(-c3ccccc3)n2)s1. The molecule has 1 amide bonds. The second-order valence-electron chi connectivity index (χ2n) is 5.55. The van der Waals surface area contributed by atoms with Crippen LogP contribution >= 0.6 is 11.3 Å². The van der Waals surface area contributed by atoms with Crippen LogP contribution < -0.4 is 5.32 Å². The summed E-state index contributed by atoms with van der Waals surface area (Å²) in [6.07, 6.45) is 3.92. The lowest BCUT2D eigenvalue weighted by atomic mass is 10.3. The number of carbonyl (C=O) groups is 1. The van der Waals surface area contributed by atoms with Crippen molar-refractivity contribution in [1.82, 2.24) is 19.7 Å². The van der Waals surface area contributed by atoms with Crippen molar-refractivity contribution in [2.75, 3.05) is 5.32 Å². The van der Waals surface area contributed by atoms with Gasteiger partial charge in [0.15, 0.2) is 5.13 Å². The number of aryl methyl sites for hydroxylation is 1. The van der Waals surface area contributed by atoms with Gasteiger partial charge < -0.3 is 0 Å². The summed E-state index contributed by atoms with van der Waals surface area (Å²) in [6.45, 7) is 1.95. The number of hydrogen-bond acceptors (Lipinski definition) is 5. The van der Waals surface area contributed by atoms with Gasteiger partial charge in [-0.2, -0.15) is 0 Å². The molecule has 1 N–H and O–H groups in total. The Bertz CT molecular complexity index is 850. The van der Waals surface area contributed by atoms with Crippen LogP contribution in [0, 0.1) is 6.92 Å². The van der Waals surface area contributed by atoms with Crippen LogP contribution in [0.25, 0.3) is 5.69 Å². The number of para-hydroxylation sites is 1. The smallest absolute Gasteiger partial charge is 0.295 e. The number of rotatable bonds is 4. The van der Waals surface area contributed by atoms with Gasteiger partial charge in [0.25, 0.3) is 5.91 Å². The highest BCUT2D eigenvalue weighted by Gasteiger charge is 2.31. The van der Waals surface area contributed by atoms with Crippen LogP contribution in [0.1, 0.15) is 40.1 Å². The Morgan fingerprint density at radius 3 is 2.74 bits per heavy atom. The van der Waals surface area contributed by atoms with Crippen molar-refractivity contribution in [2.24, 2.45) is 0 Å². The standard InChI is InChI=1S/C16H15N5OS/c1-10-9-17-16(23-10)19-15(22)13-18-14(11-7-8-11)21(20-13)12-5-3-2-4-6-12/h2-6,9,11H,7-8H2,1H3,(H,17,19,22). The summed E-state index contributed by atoms with van der Waals surface area (Å²) >= 11 is 1.43. The number of aromatic nitrogens is 4. The average molecular weight is 325 g/mol. The van der Waals surface area contributed by atoms with E-state index in [1.54, 1.807) is 10.9 Å². The van der Waals surface area contributed by atoms with Crippen molar-refractivity contribution in [3.63, 3.8) is 0 Å². The number of amides is 1. The third-order valence-corrected chi connectivity index (χ3v) is 4.45. The van der Waals surface area contributed by atoms with Gasteiger partial charge in [-0.25, -0.2) is 14.6 Å². The molecule has 1 fully saturated rings. The van der Waals surface area contributed by atoms with Crippen molar-refractivity contribution in [3.05, 3.63) is 53.1 Å². The maximum Gasteiger partial charge on any atom is 0.297 e. The lowest BCUT2D eigenvalue weighted by Crippen LogP contribution is -2.14. The lowest BCUT2D eigenvalue weighted by molar-refractivity contribution is 0.101. The third kappa shape index (κ3) is 2.87. The Balaban J connectivity index is 1.65. The summed E-state index contributed by atoms with van der Waals surface area (Å²) in [7, 11) is 0. The monoisotopic (exact) mass is 325 g/mol. The second-order valence-corrected chi connectivity index (χ2v) is 6.78. The quantitative estimate of drug-likeness (QED) is 0.799. The molecule has 2 aromatic heterocycles. The van der Waals surface area contributed by atoms with Gasteiger partial charge in [0.05, 0.1) is 5.69 Å². The highest BCUT2D eigenvalue weighted by Crippen LogP contribution is 2.39. The molecule has 0 saturated heterocycles. The van der Waals surface area contributed by atoms with Gasteiger partial charge in [-0.1, -0.05) is 18.2 Å². The minimum absolute atomic E-state index is 0.184. The topological polar surface area (TPSA) is 72.7 Å². The Kier molecular flexibility index (Phi) is 3.42. The molecule has 1 aliphatic rings. The minimum Gasteiger partial charge on any atom is -0.295 e. The van der Waals surface area contributed by atoms with E-state index in [4.69, 9.17) is 0 Å². The molecule has 1 aromatic carbocycles.